The van der Waals surface area contributed by atoms with Crippen molar-refractivity contribution in [2.75, 3.05) is 18.5 Å². The third-order valence-corrected chi connectivity index (χ3v) is 3.34. The van der Waals surface area contributed by atoms with Crippen LogP contribution in [-0.4, -0.2) is 13.6 Å². The van der Waals surface area contributed by atoms with E-state index in [1.165, 1.54) is 0 Å². The van der Waals surface area contributed by atoms with E-state index in [0.29, 0.717) is 17.4 Å². The van der Waals surface area contributed by atoms with E-state index < -0.39 is 0 Å². The van der Waals surface area contributed by atoms with Crippen LogP contribution in [0.4, 0.5) is 5.69 Å². The molecule has 0 amide bonds. The van der Waals surface area contributed by atoms with Gasteiger partial charge in [0.25, 0.3) is 0 Å². The second-order valence-corrected chi connectivity index (χ2v) is 4.76. The Balaban J connectivity index is 2.93. The van der Waals surface area contributed by atoms with E-state index in [1.807, 2.05) is 25.2 Å². The van der Waals surface area contributed by atoms with Crippen molar-refractivity contribution in [2.45, 2.75) is 26.1 Å². The van der Waals surface area contributed by atoms with Gasteiger partial charge in [0.1, 0.15) is 6.07 Å². The highest BCUT2D eigenvalue weighted by Gasteiger charge is 2.10. The Morgan fingerprint density at radius 2 is 2.18 bits per heavy atom. The monoisotopic (exact) mass is 250 g/mol. The van der Waals surface area contributed by atoms with Crippen LogP contribution < -0.4 is 4.90 Å². The van der Waals surface area contributed by atoms with Crippen molar-refractivity contribution >= 4 is 17.3 Å². The third kappa shape index (κ3) is 3.64. The van der Waals surface area contributed by atoms with Gasteiger partial charge in [0.15, 0.2) is 0 Å². The first-order valence-corrected chi connectivity index (χ1v) is 6.45. The van der Waals surface area contributed by atoms with Crippen LogP contribution in [-0.2, 0) is 5.88 Å². The molecule has 17 heavy (non-hydrogen) atoms. The second-order valence-electron chi connectivity index (χ2n) is 4.49. The van der Waals surface area contributed by atoms with Crippen molar-refractivity contribution in [2.24, 2.45) is 5.92 Å². The molecule has 0 aliphatic rings. The molecule has 0 aliphatic heterocycles. The van der Waals surface area contributed by atoms with Gasteiger partial charge in [-0.2, -0.15) is 5.26 Å². The summed E-state index contributed by atoms with van der Waals surface area (Å²) in [5.74, 6) is 1.07. The minimum absolute atomic E-state index is 0.448. The van der Waals surface area contributed by atoms with Gasteiger partial charge in [-0.15, -0.1) is 11.6 Å². The molecule has 1 aromatic carbocycles. The molecule has 0 N–H and O–H groups in total. The molecule has 0 bridgehead atoms. The Morgan fingerprint density at radius 3 is 2.71 bits per heavy atom. The van der Waals surface area contributed by atoms with Crippen LogP contribution in [0.15, 0.2) is 18.2 Å². The minimum atomic E-state index is 0.448. The summed E-state index contributed by atoms with van der Waals surface area (Å²) in [4.78, 5) is 2.14. The molecule has 0 aromatic heterocycles. The summed E-state index contributed by atoms with van der Waals surface area (Å²) < 4.78 is 0. The Hall–Kier alpha value is -1.20. The number of anilines is 1. The zero-order chi connectivity index (χ0) is 12.8. The van der Waals surface area contributed by atoms with E-state index in [2.05, 4.69) is 24.8 Å². The first kappa shape index (κ1) is 13.9. The van der Waals surface area contributed by atoms with Crippen LogP contribution in [0, 0.1) is 17.2 Å². The van der Waals surface area contributed by atoms with Gasteiger partial charge in [-0.3, -0.25) is 0 Å². The molecule has 0 fully saturated rings. The summed E-state index contributed by atoms with van der Waals surface area (Å²) >= 11 is 5.77. The molecule has 0 radical (unpaired) electrons. The molecule has 1 rings (SSSR count). The zero-order valence-electron chi connectivity index (χ0n) is 10.7. The number of benzene rings is 1. The van der Waals surface area contributed by atoms with Crippen LogP contribution in [0.2, 0.25) is 0 Å². The maximum atomic E-state index is 9.16. The molecule has 92 valence electrons. The lowest BCUT2D eigenvalue weighted by Gasteiger charge is -2.24. The van der Waals surface area contributed by atoms with E-state index in [-0.39, 0.29) is 0 Å². The highest BCUT2D eigenvalue weighted by atomic mass is 35.5. The van der Waals surface area contributed by atoms with Crippen molar-refractivity contribution in [1.29, 1.82) is 5.26 Å². The van der Waals surface area contributed by atoms with Gasteiger partial charge in [0.05, 0.1) is 11.3 Å². The quantitative estimate of drug-likeness (QED) is 0.744. The van der Waals surface area contributed by atoms with Crippen LogP contribution in [0.1, 0.15) is 31.4 Å². The van der Waals surface area contributed by atoms with Crippen molar-refractivity contribution < 1.29 is 0 Å². The molecule has 3 heteroatoms. The van der Waals surface area contributed by atoms with Gasteiger partial charge >= 0.3 is 0 Å². The zero-order valence-corrected chi connectivity index (χ0v) is 11.5. The van der Waals surface area contributed by atoms with E-state index in [9.17, 15) is 0 Å². The number of nitrogens with zero attached hydrogens (tertiary/aromatic N) is 2. The molecule has 2 nitrogen and oxygen atoms in total. The van der Waals surface area contributed by atoms with Gasteiger partial charge in [0.2, 0.25) is 0 Å². The lowest BCUT2D eigenvalue weighted by atomic mass is 10.1. The fourth-order valence-electron chi connectivity index (χ4n) is 1.78. The molecule has 0 heterocycles. The highest BCUT2D eigenvalue weighted by molar-refractivity contribution is 6.17. The smallest absolute Gasteiger partial charge is 0.101 e. The van der Waals surface area contributed by atoms with E-state index in [4.69, 9.17) is 16.9 Å². The van der Waals surface area contributed by atoms with Gasteiger partial charge < -0.3 is 4.90 Å². The van der Waals surface area contributed by atoms with Crippen molar-refractivity contribution in [3.8, 4) is 6.07 Å². The predicted octanol–water partition coefficient (Wildman–Crippen LogP) is 3.78. The molecule has 0 saturated heterocycles. The molecule has 1 unspecified atom stereocenters. The third-order valence-electron chi connectivity index (χ3n) is 3.03. The number of hydrogen-bond donors (Lipinski definition) is 0. The molecular weight excluding hydrogens is 232 g/mol. The summed E-state index contributed by atoms with van der Waals surface area (Å²) in [6.45, 7) is 5.36. The Morgan fingerprint density at radius 1 is 1.47 bits per heavy atom. The second kappa shape index (κ2) is 6.51. The molecule has 1 atom stereocenters. The maximum absolute atomic E-state index is 9.16. The van der Waals surface area contributed by atoms with Crippen LogP contribution in [0.25, 0.3) is 0 Å². The SMILES string of the molecule is CCC(C)CN(C)c1ccc(CCl)cc1C#N. The topological polar surface area (TPSA) is 27.0 Å². The Bertz CT molecular complexity index is 409. The number of halogens is 1. The van der Waals surface area contributed by atoms with Crippen LogP contribution in [0.3, 0.4) is 0 Å². The molecule has 0 spiro atoms. The molecule has 0 saturated carbocycles. The van der Waals surface area contributed by atoms with E-state index in [1.54, 1.807) is 0 Å². The molecular formula is C14H19ClN2. The predicted molar refractivity (Wildman–Crippen MR) is 73.4 cm³/mol. The summed E-state index contributed by atoms with van der Waals surface area (Å²) in [5.41, 5.74) is 2.68. The largest absolute Gasteiger partial charge is 0.373 e. The van der Waals surface area contributed by atoms with Crippen LogP contribution in [0.5, 0.6) is 0 Å². The standard InChI is InChI=1S/C14H19ClN2/c1-4-11(2)10-17(3)14-6-5-12(8-15)7-13(14)9-16/h5-7,11H,4,8,10H2,1-3H3. The Labute approximate surface area is 109 Å². The van der Waals surface area contributed by atoms with Crippen molar-refractivity contribution in [3.05, 3.63) is 29.3 Å². The highest BCUT2D eigenvalue weighted by Crippen LogP contribution is 2.22. The number of nitriles is 1. The summed E-state index contributed by atoms with van der Waals surface area (Å²) in [6, 6.07) is 8.08. The minimum Gasteiger partial charge on any atom is -0.373 e. The molecule has 0 aliphatic carbocycles. The van der Waals surface area contributed by atoms with E-state index >= 15 is 0 Å². The first-order chi connectivity index (χ1) is 8.12. The average molecular weight is 251 g/mol. The van der Waals surface area contributed by atoms with E-state index in [0.717, 1.165) is 24.2 Å². The van der Waals surface area contributed by atoms with Crippen molar-refractivity contribution in [3.63, 3.8) is 0 Å². The van der Waals surface area contributed by atoms with Gasteiger partial charge in [0, 0.05) is 19.5 Å². The van der Waals surface area contributed by atoms with Gasteiger partial charge in [-0.05, 0) is 23.6 Å². The molecule has 1 aromatic rings. The Kier molecular flexibility index (Phi) is 5.31. The van der Waals surface area contributed by atoms with Gasteiger partial charge in [-0.1, -0.05) is 26.3 Å². The number of rotatable bonds is 5. The number of hydrogen-bond acceptors (Lipinski definition) is 2. The fraction of sp³-hybridized carbons (Fsp3) is 0.500. The number of alkyl halides is 1. The van der Waals surface area contributed by atoms with Crippen LogP contribution >= 0.6 is 11.6 Å². The fourth-order valence-corrected chi connectivity index (χ4v) is 1.95. The average Bonchev–Trinajstić information content (AvgIpc) is 2.37. The lowest BCUT2D eigenvalue weighted by molar-refractivity contribution is 0.560. The first-order valence-electron chi connectivity index (χ1n) is 5.92. The maximum Gasteiger partial charge on any atom is 0.101 e. The normalized spacial score (nSPS) is 11.9. The van der Waals surface area contributed by atoms with Crippen molar-refractivity contribution in [1.82, 2.24) is 0 Å². The van der Waals surface area contributed by atoms with Gasteiger partial charge in [-0.25, -0.2) is 0 Å². The lowest BCUT2D eigenvalue weighted by Crippen LogP contribution is -2.24. The summed E-state index contributed by atoms with van der Waals surface area (Å²) in [5, 5.41) is 9.16. The summed E-state index contributed by atoms with van der Waals surface area (Å²) in [6.07, 6.45) is 1.14. The summed E-state index contributed by atoms with van der Waals surface area (Å²) in [7, 11) is 2.03.